The van der Waals surface area contributed by atoms with Crippen molar-refractivity contribution >= 4 is 39.1 Å². The average molecular weight is 433 g/mol. The van der Waals surface area contributed by atoms with Crippen LogP contribution in [0.4, 0.5) is 0 Å². The Morgan fingerprint density at radius 3 is 2.33 bits per heavy atom. The van der Waals surface area contributed by atoms with E-state index in [2.05, 4.69) is 0 Å². The number of sulfonamides is 1. The van der Waals surface area contributed by atoms with Gasteiger partial charge in [-0.25, -0.2) is 13.9 Å². The smallest absolute Gasteiger partial charge is 0.261 e. The van der Waals surface area contributed by atoms with Gasteiger partial charge in [0.2, 0.25) is 10.0 Å². The van der Waals surface area contributed by atoms with Crippen LogP contribution in [0.25, 0.3) is 0 Å². The van der Waals surface area contributed by atoms with E-state index in [1.807, 2.05) is 0 Å². The summed E-state index contributed by atoms with van der Waals surface area (Å²) in [6, 6.07) is 9.23. The Labute approximate surface area is 167 Å². The van der Waals surface area contributed by atoms with E-state index in [0.717, 1.165) is 4.31 Å². The topological polar surface area (TPSA) is 95.9 Å². The molecule has 2 aromatic carbocycles. The molecule has 0 aliphatic heterocycles. The molecule has 1 atom stereocenters. The van der Waals surface area contributed by atoms with Gasteiger partial charge in [0, 0.05) is 6.54 Å². The van der Waals surface area contributed by atoms with E-state index in [-0.39, 0.29) is 16.5 Å². The number of amides is 1. The summed E-state index contributed by atoms with van der Waals surface area (Å²) < 4.78 is 32.2. The van der Waals surface area contributed by atoms with Crippen molar-refractivity contribution in [3.8, 4) is 5.75 Å². The van der Waals surface area contributed by atoms with Crippen molar-refractivity contribution in [2.24, 2.45) is 0 Å². The highest BCUT2D eigenvalue weighted by Gasteiger charge is 2.33. The lowest BCUT2D eigenvalue weighted by Gasteiger charge is -2.27. The number of rotatable bonds is 7. The van der Waals surface area contributed by atoms with Gasteiger partial charge in [0.25, 0.3) is 5.91 Å². The highest BCUT2D eigenvalue weighted by atomic mass is 35.5. The van der Waals surface area contributed by atoms with Crippen molar-refractivity contribution in [2.75, 3.05) is 7.11 Å². The second-order valence-electron chi connectivity index (χ2n) is 5.63. The minimum atomic E-state index is -4.07. The molecule has 0 fully saturated rings. The lowest BCUT2D eigenvalue weighted by molar-refractivity contribution is -0.132. The lowest BCUT2D eigenvalue weighted by atomic mass is 10.2. The van der Waals surface area contributed by atoms with Crippen LogP contribution in [0.1, 0.15) is 12.5 Å². The minimum Gasteiger partial charge on any atom is -0.497 e. The maximum atomic E-state index is 13.1. The van der Waals surface area contributed by atoms with Gasteiger partial charge in [0.15, 0.2) is 0 Å². The van der Waals surface area contributed by atoms with Crippen molar-refractivity contribution in [1.82, 2.24) is 9.79 Å². The molecule has 0 spiro atoms. The van der Waals surface area contributed by atoms with Crippen LogP contribution in [0.15, 0.2) is 47.4 Å². The monoisotopic (exact) mass is 432 g/mol. The summed E-state index contributed by atoms with van der Waals surface area (Å²) in [4.78, 5) is 11.9. The van der Waals surface area contributed by atoms with Gasteiger partial charge >= 0.3 is 0 Å². The van der Waals surface area contributed by atoms with Crippen LogP contribution in [0.3, 0.4) is 0 Å². The van der Waals surface area contributed by atoms with Gasteiger partial charge in [-0.2, -0.15) is 4.31 Å². The largest absolute Gasteiger partial charge is 0.497 e. The Balaban J connectivity index is 2.46. The molecule has 2 rings (SSSR count). The van der Waals surface area contributed by atoms with Crippen LogP contribution in [0.5, 0.6) is 5.75 Å². The molecule has 146 valence electrons. The number of carbonyl (C=O) groups excluding carboxylic acids is 1. The number of halogens is 2. The Hall–Kier alpha value is -1.84. The second-order valence-corrected chi connectivity index (χ2v) is 8.33. The first kappa shape index (κ1) is 21.5. The normalized spacial score (nSPS) is 12.7. The first-order valence-corrected chi connectivity index (χ1v) is 9.94. The number of ether oxygens (including phenoxy) is 1. The molecule has 0 heterocycles. The van der Waals surface area contributed by atoms with Crippen LogP contribution in [0.2, 0.25) is 10.0 Å². The third-order valence-electron chi connectivity index (χ3n) is 3.91. The summed E-state index contributed by atoms with van der Waals surface area (Å²) in [5.41, 5.74) is 2.01. The van der Waals surface area contributed by atoms with Crippen LogP contribution in [-0.2, 0) is 21.4 Å². The van der Waals surface area contributed by atoms with Gasteiger partial charge in [-0.1, -0.05) is 29.3 Å². The number of hydroxylamine groups is 1. The molecule has 0 aromatic heterocycles. The van der Waals surface area contributed by atoms with E-state index in [9.17, 15) is 13.2 Å². The highest BCUT2D eigenvalue weighted by Crippen LogP contribution is 2.27. The predicted molar refractivity (Wildman–Crippen MR) is 102 cm³/mol. The molecule has 0 aliphatic rings. The molecule has 2 N–H and O–H groups in total. The molecular formula is C17H18Cl2N2O5S. The molecule has 0 saturated carbocycles. The van der Waals surface area contributed by atoms with Gasteiger partial charge in [-0.15, -0.1) is 0 Å². The maximum Gasteiger partial charge on any atom is 0.261 e. The van der Waals surface area contributed by atoms with Gasteiger partial charge in [-0.05, 0) is 48.9 Å². The van der Waals surface area contributed by atoms with Crippen LogP contribution < -0.4 is 10.2 Å². The van der Waals surface area contributed by atoms with E-state index in [1.54, 1.807) is 6.07 Å². The Morgan fingerprint density at radius 1 is 1.19 bits per heavy atom. The number of benzene rings is 2. The Bertz CT molecular complexity index is 919. The zero-order valence-electron chi connectivity index (χ0n) is 14.5. The molecule has 10 heteroatoms. The number of nitrogens with one attached hydrogen (secondary N) is 1. The first-order valence-electron chi connectivity index (χ1n) is 7.74. The van der Waals surface area contributed by atoms with Gasteiger partial charge in [-0.3, -0.25) is 10.0 Å². The van der Waals surface area contributed by atoms with Crippen molar-refractivity contribution in [3.63, 3.8) is 0 Å². The molecule has 2 aromatic rings. The summed E-state index contributed by atoms with van der Waals surface area (Å²) >= 11 is 11.9. The fourth-order valence-corrected chi connectivity index (χ4v) is 4.26. The van der Waals surface area contributed by atoms with E-state index in [0.29, 0.717) is 16.3 Å². The molecule has 0 bridgehead atoms. The van der Waals surface area contributed by atoms with Crippen molar-refractivity contribution in [1.29, 1.82) is 0 Å². The van der Waals surface area contributed by atoms with Crippen LogP contribution >= 0.6 is 23.2 Å². The van der Waals surface area contributed by atoms with Crippen molar-refractivity contribution in [2.45, 2.75) is 24.4 Å². The second kappa shape index (κ2) is 8.90. The van der Waals surface area contributed by atoms with E-state index >= 15 is 0 Å². The average Bonchev–Trinajstić information content (AvgIpc) is 2.67. The van der Waals surface area contributed by atoms with Crippen LogP contribution in [0, 0.1) is 0 Å². The predicted octanol–water partition coefficient (Wildman–Crippen LogP) is 3.09. The molecule has 27 heavy (non-hydrogen) atoms. The lowest BCUT2D eigenvalue weighted by Crippen LogP contribution is -2.46. The SMILES string of the molecule is COc1ccc(S(=O)(=O)N(Cc2ccc(Cl)c(Cl)c2)[C@H](C)C(=O)NO)cc1. The molecule has 7 nitrogen and oxygen atoms in total. The maximum absolute atomic E-state index is 13.1. The molecule has 1 amide bonds. The Kier molecular flexibility index (Phi) is 7.07. The first-order chi connectivity index (χ1) is 12.7. The molecular weight excluding hydrogens is 415 g/mol. The number of nitrogens with zero attached hydrogens (tertiary/aromatic N) is 1. The fourth-order valence-electron chi connectivity index (χ4n) is 2.36. The number of methoxy groups -OCH3 is 1. The summed E-state index contributed by atoms with van der Waals surface area (Å²) in [5, 5.41) is 9.51. The summed E-state index contributed by atoms with van der Waals surface area (Å²) in [6.45, 7) is 1.21. The quantitative estimate of drug-likeness (QED) is 0.517. The summed E-state index contributed by atoms with van der Waals surface area (Å²) in [6.07, 6.45) is 0. The fraction of sp³-hybridized carbons (Fsp3) is 0.235. The van der Waals surface area contributed by atoms with E-state index in [4.69, 9.17) is 33.1 Å². The highest BCUT2D eigenvalue weighted by molar-refractivity contribution is 7.89. The zero-order chi connectivity index (χ0) is 20.2. The van der Waals surface area contributed by atoms with Gasteiger partial charge in [0.05, 0.1) is 22.1 Å². The van der Waals surface area contributed by atoms with Crippen LogP contribution in [-0.4, -0.2) is 37.0 Å². The number of carbonyl (C=O) groups is 1. The minimum absolute atomic E-state index is 0.0269. The van der Waals surface area contributed by atoms with E-state index in [1.165, 1.54) is 55.9 Å². The van der Waals surface area contributed by atoms with Crippen molar-refractivity contribution in [3.05, 3.63) is 58.1 Å². The van der Waals surface area contributed by atoms with Gasteiger partial charge < -0.3 is 4.74 Å². The zero-order valence-corrected chi connectivity index (χ0v) is 16.8. The summed E-state index contributed by atoms with van der Waals surface area (Å²) in [7, 11) is -2.61. The van der Waals surface area contributed by atoms with Gasteiger partial charge in [0.1, 0.15) is 11.8 Å². The van der Waals surface area contributed by atoms with Crippen molar-refractivity contribution < 1.29 is 23.2 Å². The molecule has 0 unspecified atom stereocenters. The summed E-state index contributed by atoms with van der Waals surface area (Å²) in [5.74, 6) is -0.377. The molecule has 0 saturated heterocycles. The molecule has 0 aliphatic carbocycles. The standard InChI is InChI=1S/C17H18Cl2N2O5S/c1-11(17(22)20-23)21(10-12-3-8-15(18)16(19)9-12)27(24,25)14-6-4-13(26-2)5-7-14/h3-9,11,23H,10H2,1-2H3,(H,20,22)/t11-/m1/s1. The Morgan fingerprint density at radius 2 is 1.81 bits per heavy atom. The third-order valence-corrected chi connectivity index (χ3v) is 6.58. The number of hydrogen-bond acceptors (Lipinski definition) is 5. The molecule has 0 radical (unpaired) electrons. The van der Waals surface area contributed by atoms with E-state index < -0.39 is 22.0 Å². The number of hydrogen-bond donors (Lipinski definition) is 2. The third kappa shape index (κ3) is 4.91.